The lowest BCUT2D eigenvalue weighted by Gasteiger charge is -2.34. The van der Waals surface area contributed by atoms with Gasteiger partial charge in [-0.2, -0.15) is 0 Å². The molecule has 4 rings (SSSR count). The minimum absolute atomic E-state index is 0.0789. The maximum atomic E-state index is 13.7. The molecular weight excluding hydrogens is 481 g/mol. The highest BCUT2D eigenvalue weighted by Gasteiger charge is 2.35. The second-order valence-corrected chi connectivity index (χ2v) is 8.43. The first-order valence-corrected chi connectivity index (χ1v) is 11.5. The zero-order valence-corrected chi connectivity index (χ0v) is 20.1. The van der Waals surface area contributed by atoms with Crippen LogP contribution in [0.4, 0.5) is 10.2 Å². The second-order valence-electron chi connectivity index (χ2n) is 8.43. The fourth-order valence-corrected chi connectivity index (χ4v) is 4.30. The minimum Gasteiger partial charge on any atom is -0.497 e. The second kappa shape index (κ2) is 10.5. The number of carbonyl (C=O) groups is 3. The van der Waals surface area contributed by atoms with Crippen LogP contribution in [0.3, 0.4) is 0 Å². The van der Waals surface area contributed by atoms with E-state index >= 15 is 0 Å². The molecule has 3 aromatic rings. The van der Waals surface area contributed by atoms with Gasteiger partial charge in [0, 0.05) is 29.9 Å². The third kappa shape index (κ3) is 5.13. The lowest BCUT2D eigenvalue weighted by molar-refractivity contribution is -0.132. The number of halogens is 1. The number of likely N-dealkylation sites (tertiary alicyclic amines) is 1. The summed E-state index contributed by atoms with van der Waals surface area (Å²) < 4.78 is 19.8. The SMILES string of the molecule is C=C(F)C(=O)N1CCCC[C@H]1c1nc(-c2ccc(C(=O)Nc3cc(OC)ccn3)cc2)c(C(N)=O)n1N. The van der Waals surface area contributed by atoms with Crippen LogP contribution < -0.4 is 21.6 Å². The molecule has 1 saturated heterocycles. The Balaban J connectivity index is 1.64. The Bertz CT molecular complexity index is 1370. The Kier molecular flexibility index (Phi) is 7.18. The molecule has 1 atom stereocenters. The van der Waals surface area contributed by atoms with Crippen molar-refractivity contribution < 1.29 is 23.5 Å². The van der Waals surface area contributed by atoms with Crippen LogP contribution in [-0.2, 0) is 4.79 Å². The average molecular weight is 508 g/mol. The molecule has 0 saturated carbocycles. The van der Waals surface area contributed by atoms with E-state index in [1.54, 1.807) is 36.4 Å². The van der Waals surface area contributed by atoms with Gasteiger partial charge in [0.1, 0.15) is 17.3 Å². The quantitative estimate of drug-likeness (QED) is 0.327. The maximum absolute atomic E-state index is 13.7. The molecule has 5 N–H and O–H groups in total. The van der Waals surface area contributed by atoms with E-state index in [0.29, 0.717) is 42.1 Å². The largest absolute Gasteiger partial charge is 0.497 e. The number of hydrogen-bond donors (Lipinski definition) is 3. The van der Waals surface area contributed by atoms with Gasteiger partial charge in [-0.3, -0.25) is 14.4 Å². The van der Waals surface area contributed by atoms with Gasteiger partial charge in [-0.1, -0.05) is 18.7 Å². The highest BCUT2D eigenvalue weighted by Crippen LogP contribution is 2.34. The third-order valence-corrected chi connectivity index (χ3v) is 6.09. The maximum Gasteiger partial charge on any atom is 0.282 e. The molecule has 2 aromatic heterocycles. The zero-order valence-electron chi connectivity index (χ0n) is 20.1. The number of ether oxygens (including phenoxy) is 1. The highest BCUT2D eigenvalue weighted by molar-refractivity contribution is 6.04. The van der Waals surface area contributed by atoms with Crippen LogP contribution in [0.1, 0.15) is 52.0 Å². The number of carbonyl (C=O) groups excluding carboxylic acids is 3. The molecule has 0 spiro atoms. The summed E-state index contributed by atoms with van der Waals surface area (Å²) >= 11 is 0. The summed E-state index contributed by atoms with van der Waals surface area (Å²) in [6.07, 6.45) is 3.43. The Morgan fingerprint density at radius 1 is 1.19 bits per heavy atom. The summed E-state index contributed by atoms with van der Waals surface area (Å²) in [6, 6.07) is 8.87. The van der Waals surface area contributed by atoms with Gasteiger partial charge < -0.3 is 26.5 Å². The van der Waals surface area contributed by atoms with Crippen LogP contribution in [0, 0.1) is 0 Å². The Morgan fingerprint density at radius 3 is 2.57 bits per heavy atom. The molecule has 12 heteroatoms. The summed E-state index contributed by atoms with van der Waals surface area (Å²) in [5.41, 5.74) is 6.51. The van der Waals surface area contributed by atoms with Crippen LogP contribution in [-0.4, -0.2) is 50.9 Å². The van der Waals surface area contributed by atoms with E-state index in [0.717, 1.165) is 11.1 Å². The number of benzene rings is 1. The Labute approximate surface area is 211 Å². The molecule has 1 aromatic carbocycles. The number of rotatable bonds is 7. The fourth-order valence-electron chi connectivity index (χ4n) is 4.30. The summed E-state index contributed by atoms with van der Waals surface area (Å²) in [4.78, 5) is 47.3. The number of pyridine rings is 1. The number of anilines is 1. The van der Waals surface area contributed by atoms with Crippen LogP contribution in [0.5, 0.6) is 5.75 Å². The molecule has 1 aliphatic heterocycles. The van der Waals surface area contributed by atoms with E-state index in [4.69, 9.17) is 16.3 Å². The zero-order chi connectivity index (χ0) is 26.7. The van der Waals surface area contributed by atoms with E-state index in [2.05, 4.69) is 21.9 Å². The van der Waals surface area contributed by atoms with Gasteiger partial charge in [-0.05, 0) is 37.5 Å². The van der Waals surface area contributed by atoms with Crippen molar-refractivity contribution in [1.29, 1.82) is 0 Å². The standard InChI is InChI=1S/C25H26FN7O4/c1-14(26)25(36)32-12-4-3-5-18(32)23-31-20(21(22(27)34)33(23)28)15-6-8-16(9-7-15)24(35)30-19-13-17(37-2)10-11-29-19/h6-11,13,18H,1,3-5,12,28H2,2H3,(H2,27,34)(H,29,30,35)/t18-/m0/s1. The van der Waals surface area contributed by atoms with E-state index in [1.165, 1.54) is 18.2 Å². The predicted molar refractivity (Wildman–Crippen MR) is 134 cm³/mol. The minimum atomic E-state index is -1.09. The van der Waals surface area contributed by atoms with Crippen molar-refractivity contribution in [1.82, 2.24) is 19.5 Å². The lowest BCUT2D eigenvalue weighted by Crippen LogP contribution is -2.40. The first-order chi connectivity index (χ1) is 17.7. The number of amides is 3. The first kappa shape index (κ1) is 25.4. The highest BCUT2D eigenvalue weighted by atomic mass is 19.1. The van der Waals surface area contributed by atoms with Gasteiger partial charge in [-0.15, -0.1) is 0 Å². The first-order valence-electron chi connectivity index (χ1n) is 11.5. The molecule has 11 nitrogen and oxygen atoms in total. The lowest BCUT2D eigenvalue weighted by atomic mass is 10.0. The topological polar surface area (TPSA) is 158 Å². The smallest absolute Gasteiger partial charge is 0.282 e. The average Bonchev–Trinajstić information content (AvgIpc) is 3.25. The summed E-state index contributed by atoms with van der Waals surface area (Å²) in [7, 11) is 1.51. The van der Waals surface area contributed by atoms with Crippen molar-refractivity contribution >= 4 is 23.5 Å². The molecule has 1 fully saturated rings. The van der Waals surface area contributed by atoms with E-state index in [-0.39, 0.29) is 17.2 Å². The summed E-state index contributed by atoms with van der Waals surface area (Å²) in [6.45, 7) is 3.40. The van der Waals surface area contributed by atoms with Gasteiger partial charge >= 0.3 is 0 Å². The van der Waals surface area contributed by atoms with Gasteiger partial charge in [0.25, 0.3) is 17.7 Å². The van der Waals surface area contributed by atoms with Crippen molar-refractivity contribution in [2.45, 2.75) is 25.3 Å². The molecule has 0 aliphatic carbocycles. The molecule has 3 amide bonds. The van der Waals surface area contributed by atoms with Crippen LogP contribution in [0.15, 0.2) is 55.0 Å². The number of primary amides is 1. The van der Waals surface area contributed by atoms with Crippen LogP contribution >= 0.6 is 0 Å². The van der Waals surface area contributed by atoms with Crippen molar-refractivity contribution in [3.05, 3.63) is 72.1 Å². The number of hydrogen-bond acceptors (Lipinski definition) is 7. The van der Waals surface area contributed by atoms with E-state index in [9.17, 15) is 18.8 Å². The normalized spacial score (nSPS) is 15.2. The number of methoxy groups -OCH3 is 1. The molecule has 0 bridgehead atoms. The van der Waals surface area contributed by atoms with Crippen LogP contribution in [0.25, 0.3) is 11.3 Å². The summed E-state index contributed by atoms with van der Waals surface area (Å²) in [5, 5.41) is 2.68. The molecule has 0 radical (unpaired) electrons. The van der Waals surface area contributed by atoms with Gasteiger partial charge in [0.15, 0.2) is 17.3 Å². The van der Waals surface area contributed by atoms with Crippen molar-refractivity contribution in [3.8, 4) is 17.0 Å². The van der Waals surface area contributed by atoms with Gasteiger partial charge in [-0.25, -0.2) is 19.0 Å². The molecular formula is C25H26FN7O4. The number of nitrogen functional groups attached to an aromatic ring is 1. The fraction of sp³-hybridized carbons (Fsp3) is 0.240. The van der Waals surface area contributed by atoms with Gasteiger partial charge in [0.05, 0.1) is 13.2 Å². The third-order valence-electron chi connectivity index (χ3n) is 6.09. The van der Waals surface area contributed by atoms with E-state index < -0.39 is 29.6 Å². The Morgan fingerprint density at radius 2 is 1.92 bits per heavy atom. The summed E-state index contributed by atoms with van der Waals surface area (Å²) in [5.74, 6) is 4.10. The monoisotopic (exact) mass is 507 g/mol. The molecule has 192 valence electrons. The van der Waals surface area contributed by atoms with Crippen molar-refractivity contribution in [3.63, 3.8) is 0 Å². The van der Waals surface area contributed by atoms with E-state index in [1.807, 2.05) is 0 Å². The molecule has 0 unspecified atom stereocenters. The number of nitrogens with zero attached hydrogens (tertiary/aromatic N) is 4. The Hall–Kier alpha value is -4.74. The van der Waals surface area contributed by atoms with Gasteiger partial charge in [0.2, 0.25) is 0 Å². The number of imidazole rings is 1. The number of nitrogens with one attached hydrogen (secondary N) is 1. The molecule has 1 aliphatic rings. The van der Waals surface area contributed by atoms with Crippen LogP contribution in [0.2, 0.25) is 0 Å². The number of aromatic nitrogens is 3. The molecule has 3 heterocycles. The predicted octanol–water partition coefficient (Wildman–Crippen LogP) is 2.56. The molecule has 37 heavy (non-hydrogen) atoms. The number of nitrogens with two attached hydrogens (primary N) is 2. The number of piperidine rings is 1. The van der Waals surface area contributed by atoms with Crippen molar-refractivity contribution in [2.24, 2.45) is 5.73 Å². The van der Waals surface area contributed by atoms with Crippen molar-refractivity contribution in [2.75, 3.05) is 24.8 Å².